The molecule has 0 saturated heterocycles. The zero-order valence-corrected chi connectivity index (χ0v) is 10.7. The van der Waals surface area contributed by atoms with E-state index in [4.69, 9.17) is 4.74 Å². The minimum absolute atomic E-state index is 0.0239. The van der Waals surface area contributed by atoms with Crippen LogP contribution in [0, 0.1) is 0 Å². The van der Waals surface area contributed by atoms with Crippen molar-refractivity contribution in [2.75, 3.05) is 6.61 Å². The van der Waals surface area contributed by atoms with E-state index in [9.17, 15) is 5.11 Å². The van der Waals surface area contributed by atoms with Crippen molar-refractivity contribution in [2.24, 2.45) is 0 Å². The van der Waals surface area contributed by atoms with Gasteiger partial charge in [0.05, 0.1) is 13.2 Å². The summed E-state index contributed by atoms with van der Waals surface area (Å²) in [5.74, 6) is 0.598. The number of nitrogens with zero attached hydrogens (tertiary/aromatic N) is 1. The summed E-state index contributed by atoms with van der Waals surface area (Å²) in [5, 5.41) is 9.17. The van der Waals surface area contributed by atoms with Crippen molar-refractivity contribution in [2.45, 2.75) is 39.7 Å². The number of aliphatic hydroxyl groups excluding tert-OH is 1. The van der Waals surface area contributed by atoms with Gasteiger partial charge >= 0.3 is 0 Å². The lowest BCUT2D eigenvalue weighted by Crippen LogP contribution is -2.02. The first-order chi connectivity index (χ1) is 8.15. The first kappa shape index (κ1) is 13.7. The lowest BCUT2D eigenvalue weighted by atomic mass is 10.2. The van der Waals surface area contributed by atoms with Gasteiger partial charge in [-0.25, -0.2) is 4.98 Å². The molecule has 17 heavy (non-hydrogen) atoms. The van der Waals surface area contributed by atoms with E-state index in [-0.39, 0.29) is 6.61 Å². The molecule has 0 fully saturated rings. The summed E-state index contributed by atoms with van der Waals surface area (Å²) in [5.41, 5.74) is 2.93. The molecular weight excluding hydrogens is 214 g/mol. The summed E-state index contributed by atoms with van der Waals surface area (Å²) >= 11 is 0. The molecule has 0 atom stereocenters. The third-order valence-corrected chi connectivity index (χ3v) is 2.38. The lowest BCUT2D eigenvalue weighted by molar-refractivity contribution is 0.277. The van der Waals surface area contributed by atoms with E-state index in [1.165, 1.54) is 0 Å². The predicted molar refractivity (Wildman–Crippen MR) is 69.1 cm³/mol. The quantitative estimate of drug-likeness (QED) is 0.739. The molecule has 1 aromatic heterocycles. The molecule has 0 radical (unpaired) electrons. The van der Waals surface area contributed by atoms with Gasteiger partial charge in [-0.2, -0.15) is 0 Å². The molecule has 0 aliphatic heterocycles. The van der Waals surface area contributed by atoms with Crippen molar-refractivity contribution < 1.29 is 9.84 Å². The molecule has 0 spiro atoms. The molecule has 3 nitrogen and oxygen atoms in total. The zero-order valence-electron chi connectivity index (χ0n) is 10.7. The summed E-state index contributed by atoms with van der Waals surface area (Å²) in [6.45, 7) is 8.52. The van der Waals surface area contributed by atoms with E-state index >= 15 is 0 Å². The average molecular weight is 235 g/mol. The van der Waals surface area contributed by atoms with Crippen LogP contribution in [-0.2, 0) is 13.0 Å². The molecule has 0 bridgehead atoms. The Morgan fingerprint density at radius 3 is 2.82 bits per heavy atom. The second-order valence-corrected chi connectivity index (χ2v) is 4.27. The Balaban J connectivity index is 2.69. The maximum Gasteiger partial charge on any atom is 0.213 e. The molecule has 0 aliphatic carbocycles. The third-order valence-electron chi connectivity index (χ3n) is 2.38. The Morgan fingerprint density at radius 2 is 2.24 bits per heavy atom. The smallest absolute Gasteiger partial charge is 0.213 e. The number of hydrogen-bond acceptors (Lipinski definition) is 3. The molecule has 94 valence electrons. The summed E-state index contributed by atoms with van der Waals surface area (Å²) in [4.78, 5) is 4.40. The van der Waals surface area contributed by atoms with Crippen molar-refractivity contribution in [3.63, 3.8) is 0 Å². The molecule has 3 heteroatoms. The summed E-state index contributed by atoms with van der Waals surface area (Å²) in [6.07, 6.45) is 2.77. The van der Waals surface area contributed by atoms with Crippen LogP contribution in [0.15, 0.2) is 24.3 Å². The van der Waals surface area contributed by atoms with Gasteiger partial charge < -0.3 is 9.84 Å². The van der Waals surface area contributed by atoms with E-state index in [2.05, 4.69) is 18.5 Å². The summed E-state index contributed by atoms with van der Waals surface area (Å²) < 4.78 is 5.56. The number of aryl methyl sites for hydroxylation is 1. The fourth-order valence-corrected chi connectivity index (χ4v) is 1.50. The van der Waals surface area contributed by atoms with Crippen molar-refractivity contribution >= 4 is 0 Å². The van der Waals surface area contributed by atoms with Crippen LogP contribution in [0.3, 0.4) is 0 Å². The lowest BCUT2D eigenvalue weighted by Gasteiger charge is -2.09. The second-order valence-electron chi connectivity index (χ2n) is 4.27. The first-order valence-corrected chi connectivity index (χ1v) is 6.03. The van der Waals surface area contributed by atoms with Gasteiger partial charge in [-0.1, -0.05) is 18.9 Å². The average Bonchev–Trinajstić information content (AvgIpc) is 2.28. The Labute approximate surface area is 103 Å². The van der Waals surface area contributed by atoms with Gasteiger partial charge in [0.15, 0.2) is 0 Å². The predicted octanol–water partition coefficient (Wildman–Crippen LogP) is 2.87. The molecule has 1 rings (SSSR count). The zero-order chi connectivity index (χ0) is 12.7. The number of aliphatic hydroxyl groups is 1. The topological polar surface area (TPSA) is 42.4 Å². The van der Waals surface area contributed by atoms with E-state index in [0.717, 1.165) is 36.1 Å². The van der Waals surface area contributed by atoms with Crippen LogP contribution in [0.2, 0.25) is 0 Å². The van der Waals surface area contributed by atoms with Crippen molar-refractivity contribution in [3.05, 3.63) is 35.5 Å². The van der Waals surface area contributed by atoms with E-state index in [0.29, 0.717) is 12.5 Å². The maximum atomic E-state index is 9.17. The van der Waals surface area contributed by atoms with Gasteiger partial charge in [-0.3, -0.25) is 0 Å². The number of pyridine rings is 1. The Morgan fingerprint density at radius 1 is 1.47 bits per heavy atom. The van der Waals surface area contributed by atoms with Crippen LogP contribution < -0.4 is 4.74 Å². The Kier molecular flexibility index (Phi) is 5.70. The highest BCUT2D eigenvalue weighted by atomic mass is 16.5. The summed E-state index contributed by atoms with van der Waals surface area (Å²) in [6, 6.07) is 3.71. The van der Waals surface area contributed by atoms with E-state index < -0.39 is 0 Å². The van der Waals surface area contributed by atoms with Crippen molar-refractivity contribution in [1.82, 2.24) is 4.98 Å². The van der Waals surface area contributed by atoms with Gasteiger partial charge in [0.2, 0.25) is 5.88 Å². The highest BCUT2D eigenvalue weighted by Crippen LogP contribution is 2.15. The molecule has 1 aromatic rings. The van der Waals surface area contributed by atoms with Crippen LogP contribution in [0.5, 0.6) is 5.88 Å². The normalized spacial score (nSPS) is 10.3. The summed E-state index contributed by atoms with van der Waals surface area (Å²) in [7, 11) is 0. The first-order valence-electron chi connectivity index (χ1n) is 6.03. The Bertz CT molecular complexity index is 374. The number of rotatable bonds is 7. The fourth-order valence-electron chi connectivity index (χ4n) is 1.50. The van der Waals surface area contributed by atoms with Gasteiger partial charge in [-0.15, -0.1) is 6.58 Å². The van der Waals surface area contributed by atoms with Crippen LogP contribution >= 0.6 is 0 Å². The second kappa shape index (κ2) is 7.07. The van der Waals surface area contributed by atoms with Gasteiger partial charge in [0, 0.05) is 18.2 Å². The van der Waals surface area contributed by atoms with Crippen molar-refractivity contribution in [3.8, 4) is 5.88 Å². The molecule has 0 aliphatic rings. The minimum Gasteiger partial charge on any atom is -0.477 e. The third kappa shape index (κ3) is 5.00. The number of hydrogen-bond donors (Lipinski definition) is 1. The highest BCUT2D eigenvalue weighted by Gasteiger charge is 2.03. The van der Waals surface area contributed by atoms with Gasteiger partial charge in [0.1, 0.15) is 0 Å². The standard InChI is InChI=1S/C14H21NO2/c1-4-5-13-8-12(10-16)9-14(15-13)17-7-6-11(2)3/h8-9,16H,2,4-7,10H2,1,3H3. The fraction of sp³-hybridized carbons (Fsp3) is 0.500. The van der Waals surface area contributed by atoms with Crippen LogP contribution in [0.4, 0.5) is 0 Å². The van der Waals surface area contributed by atoms with Crippen LogP contribution in [0.1, 0.15) is 37.9 Å². The van der Waals surface area contributed by atoms with Gasteiger partial charge in [-0.05, 0) is 25.0 Å². The maximum absolute atomic E-state index is 9.17. The molecule has 0 aromatic carbocycles. The Hall–Kier alpha value is -1.35. The van der Waals surface area contributed by atoms with E-state index in [1.807, 2.05) is 13.0 Å². The van der Waals surface area contributed by atoms with Crippen LogP contribution in [-0.4, -0.2) is 16.7 Å². The molecule has 0 amide bonds. The highest BCUT2D eigenvalue weighted by molar-refractivity contribution is 5.24. The van der Waals surface area contributed by atoms with E-state index in [1.54, 1.807) is 6.07 Å². The molecule has 1 N–H and O–H groups in total. The van der Waals surface area contributed by atoms with Crippen LogP contribution in [0.25, 0.3) is 0 Å². The van der Waals surface area contributed by atoms with Gasteiger partial charge in [0.25, 0.3) is 0 Å². The largest absolute Gasteiger partial charge is 0.477 e. The minimum atomic E-state index is 0.0239. The number of aromatic nitrogens is 1. The molecule has 0 unspecified atom stereocenters. The molecule has 0 saturated carbocycles. The molecular formula is C14H21NO2. The SMILES string of the molecule is C=C(C)CCOc1cc(CO)cc(CCC)n1. The van der Waals surface area contributed by atoms with Crippen molar-refractivity contribution in [1.29, 1.82) is 0 Å². The molecule has 1 heterocycles. The monoisotopic (exact) mass is 235 g/mol. The number of ether oxygens (including phenoxy) is 1.